The van der Waals surface area contributed by atoms with Gasteiger partial charge in [0.05, 0.1) is 6.61 Å². The maximum Gasteiger partial charge on any atom is 0.374 e. The van der Waals surface area contributed by atoms with Crippen molar-refractivity contribution in [3.8, 4) is 0 Å². The summed E-state index contributed by atoms with van der Waals surface area (Å²) in [6, 6.07) is 4.64. The Hall–Kier alpha value is -2.96. The zero-order chi connectivity index (χ0) is 17.3. The maximum absolute atomic E-state index is 12.8. The Labute approximate surface area is 138 Å². The molecule has 3 rings (SSSR count). The second-order valence-electron chi connectivity index (χ2n) is 5.48. The van der Waals surface area contributed by atoms with Gasteiger partial charge in [0.1, 0.15) is 6.04 Å². The number of rotatable bonds is 4. The Balaban J connectivity index is 1.96. The normalized spacial score (nSPS) is 15.9. The first-order valence-corrected chi connectivity index (χ1v) is 7.66. The van der Waals surface area contributed by atoms with Crippen molar-refractivity contribution in [1.29, 1.82) is 0 Å². The van der Waals surface area contributed by atoms with Crippen LogP contribution < -0.4 is 5.32 Å². The minimum absolute atomic E-state index is 0.101. The molecular weight excluding hydrogens is 310 g/mol. The van der Waals surface area contributed by atoms with Crippen LogP contribution in [0, 0.1) is 0 Å². The van der Waals surface area contributed by atoms with Gasteiger partial charge in [-0.05, 0) is 18.6 Å². The third kappa shape index (κ3) is 2.68. The van der Waals surface area contributed by atoms with Crippen LogP contribution >= 0.6 is 0 Å². The molecule has 1 amide bonds. The molecule has 7 heteroatoms. The molecule has 2 aromatic rings. The summed E-state index contributed by atoms with van der Waals surface area (Å²) in [7, 11) is 0. The predicted molar refractivity (Wildman–Crippen MR) is 86.0 cm³/mol. The lowest BCUT2D eigenvalue weighted by Crippen LogP contribution is -2.21. The van der Waals surface area contributed by atoms with E-state index >= 15 is 0 Å². The molecule has 124 valence electrons. The summed E-state index contributed by atoms with van der Waals surface area (Å²) in [5, 5.41) is 2.74. The second kappa shape index (κ2) is 6.27. The molecule has 0 radical (unpaired) electrons. The van der Waals surface area contributed by atoms with Gasteiger partial charge < -0.3 is 14.6 Å². The monoisotopic (exact) mass is 327 g/mol. The van der Waals surface area contributed by atoms with Crippen molar-refractivity contribution in [3.05, 3.63) is 47.5 Å². The number of carbonyl (C=O) groups is 3. The van der Waals surface area contributed by atoms with Gasteiger partial charge in [0.15, 0.2) is 5.78 Å². The summed E-state index contributed by atoms with van der Waals surface area (Å²) in [6.45, 7) is 3.36. The lowest BCUT2D eigenvalue weighted by Gasteiger charge is -2.13. The number of hydrogen-bond acceptors (Lipinski definition) is 5. The van der Waals surface area contributed by atoms with Gasteiger partial charge in [0, 0.05) is 37.0 Å². The third-order valence-electron chi connectivity index (χ3n) is 3.91. The number of aromatic nitrogens is 2. The van der Waals surface area contributed by atoms with Gasteiger partial charge in [-0.25, -0.2) is 9.78 Å². The number of anilines is 1. The fourth-order valence-corrected chi connectivity index (χ4v) is 2.95. The zero-order valence-electron chi connectivity index (χ0n) is 13.4. The number of esters is 1. The van der Waals surface area contributed by atoms with Crippen molar-refractivity contribution in [3.63, 3.8) is 0 Å². The first kappa shape index (κ1) is 15.9. The van der Waals surface area contributed by atoms with Crippen LogP contribution in [0.2, 0.25) is 0 Å². The summed E-state index contributed by atoms with van der Waals surface area (Å²) >= 11 is 0. The highest BCUT2D eigenvalue weighted by Gasteiger charge is 2.35. The number of Topliss-reactive ketones (excluding diaryl/α,β-unsaturated/α-hetero) is 1. The molecule has 0 saturated carbocycles. The Morgan fingerprint density at radius 3 is 2.92 bits per heavy atom. The van der Waals surface area contributed by atoms with E-state index in [0.29, 0.717) is 17.7 Å². The van der Waals surface area contributed by atoms with Crippen LogP contribution in [-0.2, 0) is 16.0 Å². The predicted octanol–water partition coefficient (Wildman–Crippen LogP) is 2.00. The Morgan fingerprint density at radius 1 is 1.42 bits per heavy atom. The molecule has 1 atom stereocenters. The van der Waals surface area contributed by atoms with E-state index in [9.17, 15) is 14.4 Å². The van der Waals surface area contributed by atoms with E-state index in [4.69, 9.17) is 4.74 Å². The standard InChI is InChI=1S/C17H17N3O4/c1-3-24-17(23)16-18-7-8-20(16)14-9-12-11(15(14)22)5-4-6-13(12)19-10(2)21/h4-8,14H,3,9H2,1-2H3,(H,19,21). The van der Waals surface area contributed by atoms with E-state index in [1.165, 1.54) is 17.7 Å². The van der Waals surface area contributed by atoms with E-state index < -0.39 is 12.0 Å². The number of ketones is 1. The molecule has 1 heterocycles. The SMILES string of the molecule is CCOC(=O)c1nccn1C1Cc2c(NC(C)=O)cccc2C1=O. The van der Waals surface area contributed by atoms with E-state index in [-0.39, 0.29) is 24.1 Å². The molecule has 0 fully saturated rings. The summed E-state index contributed by atoms with van der Waals surface area (Å²) in [5.74, 6) is -0.771. The summed E-state index contributed by atoms with van der Waals surface area (Å²) in [5.41, 5.74) is 1.94. The molecule has 1 N–H and O–H groups in total. The van der Waals surface area contributed by atoms with Gasteiger partial charge in [0.25, 0.3) is 0 Å². The first-order valence-electron chi connectivity index (χ1n) is 7.66. The molecule has 1 unspecified atom stereocenters. The number of fused-ring (bicyclic) bond motifs is 1. The molecule has 0 aliphatic heterocycles. The molecule has 0 spiro atoms. The average Bonchev–Trinajstić information content (AvgIpc) is 3.13. The summed E-state index contributed by atoms with van der Waals surface area (Å²) in [4.78, 5) is 40.1. The Bertz CT molecular complexity index is 825. The van der Waals surface area contributed by atoms with Crippen LogP contribution in [0.5, 0.6) is 0 Å². The Kier molecular flexibility index (Phi) is 4.16. The topological polar surface area (TPSA) is 90.3 Å². The fraction of sp³-hybridized carbons (Fsp3) is 0.294. The van der Waals surface area contributed by atoms with Crippen molar-refractivity contribution in [1.82, 2.24) is 9.55 Å². The molecular formula is C17H17N3O4. The summed E-state index contributed by atoms with van der Waals surface area (Å²) in [6.07, 6.45) is 3.45. The first-order chi connectivity index (χ1) is 11.5. The zero-order valence-corrected chi connectivity index (χ0v) is 13.4. The fourth-order valence-electron chi connectivity index (χ4n) is 2.95. The number of ether oxygens (including phenoxy) is 1. The molecule has 1 aliphatic rings. The summed E-state index contributed by atoms with van der Waals surface area (Å²) < 4.78 is 6.52. The molecule has 0 bridgehead atoms. The maximum atomic E-state index is 12.8. The van der Waals surface area contributed by atoms with E-state index in [1.807, 2.05) is 0 Å². The second-order valence-corrected chi connectivity index (χ2v) is 5.48. The van der Waals surface area contributed by atoms with E-state index in [1.54, 1.807) is 31.3 Å². The number of benzene rings is 1. The highest BCUT2D eigenvalue weighted by atomic mass is 16.5. The van der Waals surface area contributed by atoms with Crippen LogP contribution in [0.4, 0.5) is 5.69 Å². The van der Waals surface area contributed by atoms with Crippen molar-refractivity contribution in [2.24, 2.45) is 0 Å². The van der Waals surface area contributed by atoms with Gasteiger partial charge in [-0.3, -0.25) is 9.59 Å². The average molecular weight is 327 g/mol. The van der Waals surface area contributed by atoms with Gasteiger partial charge in [-0.1, -0.05) is 12.1 Å². The lowest BCUT2D eigenvalue weighted by atomic mass is 10.1. The number of carbonyl (C=O) groups excluding carboxylic acids is 3. The molecule has 1 aliphatic carbocycles. The third-order valence-corrected chi connectivity index (χ3v) is 3.91. The highest BCUT2D eigenvalue weighted by Crippen LogP contribution is 2.35. The van der Waals surface area contributed by atoms with Gasteiger partial charge >= 0.3 is 5.97 Å². The van der Waals surface area contributed by atoms with Gasteiger partial charge in [-0.2, -0.15) is 0 Å². The van der Waals surface area contributed by atoms with Crippen LogP contribution in [0.3, 0.4) is 0 Å². The largest absolute Gasteiger partial charge is 0.460 e. The number of nitrogens with zero attached hydrogens (tertiary/aromatic N) is 2. The minimum atomic E-state index is -0.572. The molecule has 1 aromatic carbocycles. The van der Waals surface area contributed by atoms with Gasteiger partial charge in [-0.15, -0.1) is 0 Å². The van der Waals surface area contributed by atoms with E-state index in [2.05, 4.69) is 10.3 Å². The Morgan fingerprint density at radius 2 is 2.21 bits per heavy atom. The van der Waals surface area contributed by atoms with Crippen molar-refractivity contribution in [2.45, 2.75) is 26.3 Å². The van der Waals surface area contributed by atoms with Crippen LogP contribution in [-0.4, -0.2) is 33.8 Å². The minimum Gasteiger partial charge on any atom is -0.460 e. The number of nitrogens with one attached hydrogen (secondary N) is 1. The van der Waals surface area contributed by atoms with Crippen LogP contribution in [0.25, 0.3) is 0 Å². The van der Waals surface area contributed by atoms with Crippen molar-refractivity contribution >= 4 is 23.3 Å². The van der Waals surface area contributed by atoms with Crippen molar-refractivity contribution in [2.75, 3.05) is 11.9 Å². The number of hydrogen-bond donors (Lipinski definition) is 1. The molecule has 1 aromatic heterocycles. The smallest absolute Gasteiger partial charge is 0.374 e. The molecule has 7 nitrogen and oxygen atoms in total. The van der Waals surface area contributed by atoms with Crippen LogP contribution in [0.1, 0.15) is 46.4 Å². The quantitative estimate of drug-likeness (QED) is 0.867. The number of imidazole rings is 1. The molecule has 24 heavy (non-hydrogen) atoms. The lowest BCUT2D eigenvalue weighted by molar-refractivity contribution is -0.114. The van der Waals surface area contributed by atoms with Crippen molar-refractivity contribution < 1.29 is 19.1 Å². The number of amides is 1. The van der Waals surface area contributed by atoms with E-state index in [0.717, 1.165) is 5.56 Å². The highest BCUT2D eigenvalue weighted by molar-refractivity contribution is 6.06. The van der Waals surface area contributed by atoms with Gasteiger partial charge in [0.2, 0.25) is 11.7 Å². The van der Waals surface area contributed by atoms with Crippen LogP contribution in [0.15, 0.2) is 30.6 Å². The molecule has 0 saturated heterocycles.